The number of nitrogens with one attached hydrogen (secondary N) is 1. The topological polar surface area (TPSA) is 66.4 Å². The van der Waals surface area contributed by atoms with Crippen LogP contribution in [-0.4, -0.2) is 17.0 Å². The standard InChI is InChI=1S/C14H19NO3/c1-9(14(2,3)4)12(16)15-11-7-5-10(6-8-11)13(17)18/h5-9H,1-4H3,(H,15,16)(H,17,18). The van der Waals surface area contributed by atoms with Crippen molar-refractivity contribution in [3.63, 3.8) is 0 Å². The first-order valence-corrected chi connectivity index (χ1v) is 5.86. The fourth-order valence-electron chi connectivity index (χ4n) is 1.34. The van der Waals surface area contributed by atoms with Crippen molar-refractivity contribution in [2.45, 2.75) is 27.7 Å². The van der Waals surface area contributed by atoms with Gasteiger partial charge in [-0.05, 0) is 29.7 Å². The highest BCUT2D eigenvalue weighted by Gasteiger charge is 2.26. The van der Waals surface area contributed by atoms with E-state index >= 15 is 0 Å². The minimum Gasteiger partial charge on any atom is -0.478 e. The summed E-state index contributed by atoms with van der Waals surface area (Å²) in [7, 11) is 0. The molecule has 0 saturated carbocycles. The SMILES string of the molecule is CC(C(=O)Nc1ccc(C(=O)O)cc1)C(C)(C)C. The predicted octanol–water partition coefficient (Wildman–Crippen LogP) is 3.01. The maximum absolute atomic E-state index is 12.0. The summed E-state index contributed by atoms with van der Waals surface area (Å²) in [6.45, 7) is 7.89. The molecule has 1 aromatic rings. The molecular weight excluding hydrogens is 230 g/mol. The summed E-state index contributed by atoms with van der Waals surface area (Å²) >= 11 is 0. The van der Waals surface area contributed by atoms with Crippen molar-refractivity contribution in [1.29, 1.82) is 0 Å². The third-order valence-corrected chi connectivity index (χ3v) is 3.09. The van der Waals surface area contributed by atoms with Crippen molar-refractivity contribution >= 4 is 17.6 Å². The Labute approximate surface area is 107 Å². The minimum atomic E-state index is -0.976. The molecule has 0 radical (unpaired) electrons. The lowest BCUT2D eigenvalue weighted by molar-refractivity contribution is -0.122. The van der Waals surface area contributed by atoms with Gasteiger partial charge in [-0.2, -0.15) is 0 Å². The molecule has 0 spiro atoms. The molecule has 18 heavy (non-hydrogen) atoms. The Morgan fingerprint density at radius 1 is 1.17 bits per heavy atom. The number of carboxylic acids is 1. The number of aromatic carboxylic acids is 1. The second kappa shape index (κ2) is 5.21. The van der Waals surface area contributed by atoms with Gasteiger partial charge in [0.15, 0.2) is 0 Å². The first-order valence-electron chi connectivity index (χ1n) is 5.86. The van der Waals surface area contributed by atoms with Gasteiger partial charge in [0.05, 0.1) is 5.56 Å². The van der Waals surface area contributed by atoms with E-state index in [9.17, 15) is 9.59 Å². The van der Waals surface area contributed by atoms with Crippen LogP contribution in [0.5, 0.6) is 0 Å². The van der Waals surface area contributed by atoms with Gasteiger partial charge in [0.2, 0.25) is 5.91 Å². The molecule has 1 amide bonds. The minimum absolute atomic E-state index is 0.0643. The molecule has 0 saturated heterocycles. The van der Waals surface area contributed by atoms with Crippen LogP contribution in [0.3, 0.4) is 0 Å². The molecule has 0 aliphatic heterocycles. The van der Waals surface area contributed by atoms with E-state index in [4.69, 9.17) is 5.11 Å². The highest BCUT2D eigenvalue weighted by Crippen LogP contribution is 2.26. The summed E-state index contributed by atoms with van der Waals surface area (Å²) in [6.07, 6.45) is 0. The zero-order valence-electron chi connectivity index (χ0n) is 11.2. The van der Waals surface area contributed by atoms with Gasteiger partial charge in [0.1, 0.15) is 0 Å². The van der Waals surface area contributed by atoms with Crippen molar-refractivity contribution in [2.24, 2.45) is 11.3 Å². The smallest absolute Gasteiger partial charge is 0.335 e. The van der Waals surface area contributed by atoms with Crippen molar-refractivity contribution in [3.05, 3.63) is 29.8 Å². The van der Waals surface area contributed by atoms with Crippen molar-refractivity contribution < 1.29 is 14.7 Å². The van der Waals surface area contributed by atoms with Crippen LogP contribution in [0.25, 0.3) is 0 Å². The first kappa shape index (κ1) is 14.2. The van der Waals surface area contributed by atoms with Crippen LogP contribution in [0.2, 0.25) is 0 Å². The number of benzene rings is 1. The molecule has 98 valence electrons. The Morgan fingerprint density at radius 3 is 2.06 bits per heavy atom. The molecule has 0 aliphatic rings. The van der Waals surface area contributed by atoms with Crippen molar-refractivity contribution in [3.8, 4) is 0 Å². The largest absolute Gasteiger partial charge is 0.478 e. The van der Waals surface area contributed by atoms with E-state index < -0.39 is 5.97 Å². The van der Waals surface area contributed by atoms with Gasteiger partial charge in [-0.15, -0.1) is 0 Å². The molecule has 0 aliphatic carbocycles. The van der Waals surface area contributed by atoms with Crippen molar-refractivity contribution in [2.75, 3.05) is 5.32 Å². The van der Waals surface area contributed by atoms with Gasteiger partial charge in [0.25, 0.3) is 0 Å². The summed E-state index contributed by atoms with van der Waals surface area (Å²) < 4.78 is 0. The maximum Gasteiger partial charge on any atom is 0.335 e. The predicted molar refractivity (Wildman–Crippen MR) is 70.7 cm³/mol. The fourth-order valence-corrected chi connectivity index (χ4v) is 1.34. The number of hydrogen-bond donors (Lipinski definition) is 2. The molecular formula is C14H19NO3. The lowest BCUT2D eigenvalue weighted by Crippen LogP contribution is -2.30. The molecule has 4 nitrogen and oxygen atoms in total. The van der Waals surface area contributed by atoms with Gasteiger partial charge in [-0.3, -0.25) is 4.79 Å². The van der Waals surface area contributed by atoms with Crippen LogP contribution in [0.1, 0.15) is 38.1 Å². The second-order valence-electron chi connectivity index (χ2n) is 5.46. The molecule has 4 heteroatoms. The normalized spacial score (nSPS) is 12.9. The molecule has 2 N–H and O–H groups in total. The lowest BCUT2D eigenvalue weighted by Gasteiger charge is -2.26. The number of amides is 1. The van der Waals surface area contributed by atoms with Crippen LogP contribution in [0.15, 0.2) is 24.3 Å². The Morgan fingerprint density at radius 2 is 1.67 bits per heavy atom. The summed E-state index contributed by atoms with van der Waals surface area (Å²) in [4.78, 5) is 22.6. The molecule has 1 atom stereocenters. The fraction of sp³-hybridized carbons (Fsp3) is 0.429. The Bertz CT molecular complexity index is 443. The Balaban J connectivity index is 2.74. The van der Waals surface area contributed by atoms with Crippen LogP contribution < -0.4 is 5.32 Å². The number of carbonyl (C=O) groups excluding carboxylic acids is 1. The summed E-state index contributed by atoms with van der Waals surface area (Å²) in [5, 5.41) is 11.5. The number of carbonyl (C=O) groups is 2. The third-order valence-electron chi connectivity index (χ3n) is 3.09. The van der Waals surface area contributed by atoms with Gasteiger partial charge >= 0.3 is 5.97 Å². The van der Waals surface area contributed by atoms with Crippen LogP contribution in [-0.2, 0) is 4.79 Å². The summed E-state index contributed by atoms with van der Waals surface area (Å²) in [5.74, 6) is -1.17. The zero-order valence-corrected chi connectivity index (χ0v) is 11.2. The van der Waals surface area contributed by atoms with E-state index in [1.807, 2.05) is 27.7 Å². The average molecular weight is 249 g/mol. The Kier molecular flexibility index (Phi) is 4.11. The van der Waals surface area contributed by atoms with E-state index in [2.05, 4.69) is 5.32 Å². The number of hydrogen-bond acceptors (Lipinski definition) is 2. The Hall–Kier alpha value is -1.84. The van der Waals surface area contributed by atoms with E-state index in [0.29, 0.717) is 5.69 Å². The zero-order chi connectivity index (χ0) is 13.9. The van der Waals surface area contributed by atoms with E-state index in [1.165, 1.54) is 12.1 Å². The summed E-state index contributed by atoms with van der Waals surface area (Å²) in [6, 6.07) is 6.13. The van der Waals surface area contributed by atoms with E-state index in [1.54, 1.807) is 12.1 Å². The molecule has 1 aromatic carbocycles. The van der Waals surface area contributed by atoms with Gasteiger partial charge in [-0.25, -0.2) is 4.79 Å². The van der Waals surface area contributed by atoms with Gasteiger partial charge in [0, 0.05) is 11.6 Å². The number of rotatable bonds is 3. The van der Waals surface area contributed by atoms with E-state index in [-0.39, 0.29) is 22.8 Å². The molecule has 0 fully saturated rings. The highest BCUT2D eigenvalue weighted by molar-refractivity contribution is 5.93. The molecule has 0 heterocycles. The van der Waals surface area contributed by atoms with E-state index in [0.717, 1.165) is 0 Å². The average Bonchev–Trinajstić information content (AvgIpc) is 2.27. The quantitative estimate of drug-likeness (QED) is 0.865. The number of anilines is 1. The molecule has 0 aromatic heterocycles. The third kappa shape index (κ3) is 3.58. The monoisotopic (exact) mass is 249 g/mol. The van der Waals surface area contributed by atoms with Gasteiger partial charge < -0.3 is 10.4 Å². The van der Waals surface area contributed by atoms with Gasteiger partial charge in [-0.1, -0.05) is 27.7 Å². The molecule has 1 rings (SSSR count). The van der Waals surface area contributed by atoms with Crippen molar-refractivity contribution in [1.82, 2.24) is 0 Å². The summed E-state index contributed by atoms with van der Waals surface area (Å²) in [5.41, 5.74) is 0.712. The maximum atomic E-state index is 12.0. The van der Waals surface area contributed by atoms with Crippen LogP contribution >= 0.6 is 0 Å². The number of carboxylic acid groups (broad SMARTS) is 1. The second-order valence-corrected chi connectivity index (χ2v) is 5.46. The molecule has 0 bridgehead atoms. The highest BCUT2D eigenvalue weighted by atomic mass is 16.4. The van der Waals surface area contributed by atoms with Crippen LogP contribution in [0, 0.1) is 11.3 Å². The van der Waals surface area contributed by atoms with Crippen LogP contribution in [0.4, 0.5) is 5.69 Å². The lowest BCUT2D eigenvalue weighted by atomic mass is 9.81. The first-order chi connectivity index (χ1) is 8.21. The molecule has 1 unspecified atom stereocenters.